The Labute approximate surface area is 64.3 Å². The first-order valence-corrected chi connectivity index (χ1v) is 4.51. The molecule has 1 N–H and O–H groups in total. The summed E-state index contributed by atoms with van der Waals surface area (Å²) in [6, 6.07) is 0. The van der Waals surface area contributed by atoms with Gasteiger partial charge in [0.05, 0.1) is 0 Å². The van der Waals surface area contributed by atoms with Gasteiger partial charge in [0.15, 0.2) is 0 Å². The summed E-state index contributed by atoms with van der Waals surface area (Å²) in [4.78, 5) is 0.806. The Morgan fingerprint density at radius 3 is 2.89 bits per heavy atom. The van der Waals surface area contributed by atoms with E-state index < -0.39 is 0 Å². The monoisotopic (exact) mass is 189 g/mol. The maximum Gasteiger partial charge on any atom is 0.0249 e. The third-order valence-corrected chi connectivity index (χ3v) is 4.61. The number of halogens is 1. The highest BCUT2D eigenvalue weighted by atomic mass is 79.9. The number of fused-ring (bicyclic) bond motifs is 1. The molecule has 2 heteroatoms. The summed E-state index contributed by atoms with van der Waals surface area (Å²) >= 11 is 3.69. The van der Waals surface area contributed by atoms with Gasteiger partial charge in [-0.1, -0.05) is 22.9 Å². The van der Waals surface area contributed by atoms with E-state index in [1.807, 2.05) is 0 Å². The fourth-order valence-electron chi connectivity index (χ4n) is 1.88. The topological polar surface area (TPSA) is 12.0 Å². The summed E-state index contributed by atoms with van der Waals surface area (Å²) in [5.74, 6) is 0.922. The molecular formula is C7H12BrN. The lowest BCUT2D eigenvalue weighted by Gasteiger charge is -2.16. The number of alkyl halides is 1. The third-order valence-electron chi connectivity index (χ3n) is 2.93. The summed E-state index contributed by atoms with van der Waals surface area (Å²) in [7, 11) is 0. The molecular weight excluding hydrogens is 178 g/mol. The maximum absolute atomic E-state index is 3.69. The molecule has 0 bridgehead atoms. The van der Waals surface area contributed by atoms with Gasteiger partial charge in [-0.3, -0.25) is 0 Å². The predicted octanol–water partition coefficient (Wildman–Crippen LogP) is 1.38. The van der Waals surface area contributed by atoms with Crippen molar-refractivity contribution in [1.82, 2.24) is 5.32 Å². The van der Waals surface area contributed by atoms with Gasteiger partial charge in [-0.05, 0) is 30.8 Å². The number of nitrogens with one attached hydrogen (secondary N) is 1. The molecule has 1 aliphatic carbocycles. The summed E-state index contributed by atoms with van der Waals surface area (Å²) in [5.41, 5.74) is 0.658. The first-order valence-electron chi connectivity index (χ1n) is 3.60. The van der Waals surface area contributed by atoms with Crippen molar-refractivity contribution in [3.63, 3.8) is 0 Å². The van der Waals surface area contributed by atoms with Crippen molar-refractivity contribution in [2.45, 2.75) is 18.2 Å². The van der Waals surface area contributed by atoms with Crippen molar-refractivity contribution in [1.29, 1.82) is 0 Å². The van der Waals surface area contributed by atoms with E-state index in [2.05, 4.69) is 28.2 Å². The number of hydrogen-bond donors (Lipinski definition) is 1. The van der Waals surface area contributed by atoms with Crippen molar-refractivity contribution >= 4 is 15.9 Å². The van der Waals surface area contributed by atoms with Crippen LogP contribution in [-0.4, -0.2) is 17.9 Å². The van der Waals surface area contributed by atoms with Gasteiger partial charge < -0.3 is 5.32 Å². The highest BCUT2D eigenvalue weighted by Gasteiger charge is 2.60. The molecule has 1 saturated heterocycles. The number of hydrogen-bond acceptors (Lipinski definition) is 1. The second-order valence-electron chi connectivity index (χ2n) is 3.47. The maximum atomic E-state index is 3.69. The van der Waals surface area contributed by atoms with Crippen molar-refractivity contribution < 1.29 is 0 Å². The van der Waals surface area contributed by atoms with E-state index in [9.17, 15) is 0 Å². The molecule has 0 aromatic heterocycles. The van der Waals surface area contributed by atoms with E-state index in [1.165, 1.54) is 19.5 Å². The molecule has 0 spiro atoms. The lowest BCUT2D eigenvalue weighted by atomic mass is 9.99. The van der Waals surface area contributed by atoms with Crippen molar-refractivity contribution in [2.24, 2.45) is 11.3 Å². The number of piperidine rings is 1. The molecule has 0 aromatic rings. The Bertz CT molecular complexity index is 137. The van der Waals surface area contributed by atoms with Crippen LogP contribution in [0, 0.1) is 11.3 Å². The van der Waals surface area contributed by atoms with Gasteiger partial charge in [0.25, 0.3) is 0 Å². The molecule has 2 rings (SSSR count). The fourth-order valence-corrected chi connectivity index (χ4v) is 3.08. The first kappa shape index (κ1) is 6.17. The van der Waals surface area contributed by atoms with Crippen molar-refractivity contribution in [2.75, 3.05) is 13.1 Å². The highest BCUT2D eigenvalue weighted by Crippen LogP contribution is 2.60. The molecule has 0 radical (unpaired) electrons. The van der Waals surface area contributed by atoms with E-state index in [-0.39, 0.29) is 0 Å². The van der Waals surface area contributed by atoms with Crippen LogP contribution < -0.4 is 5.32 Å². The first-order chi connectivity index (χ1) is 4.25. The average Bonchev–Trinajstić information content (AvgIpc) is 2.38. The van der Waals surface area contributed by atoms with Gasteiger partial charge in [-0.15, -0.1) is 0 Å². The minimum atomic E-state index is 0.658. The molecule has 1 aliphatic heterocycles. The van der Waals surface area contributed by atoms with Crippen LogP contribution in [0.2, 0.25) is 0 Å². The lowest BCUT2D eigenvalue weighted by molar-refractivity contribution is 0.383. The normalized spacial score (nSPS) is 56.7. The minimum absolute atomic E-state index is 0.658. The summed E-state index contributed by atoms with van der Waals surface area (Å²) < 4.78 is 0. The molecule has 3 atom stereocenters. The zero-order chi connectivity index (χ0) is 6.48. The zero-order valence-electron chi connectivity index (χ0n) is 5.65. The average molecular weight is 190 g/mol. The SMILES string of the molecule is C[C@]12CCNC[C@H]1[C@@H]2Br. The third kappa shape index (κ3) is 0.695. The smallest absolute Gasteiger partial charge is 0.0249 e. The molecule has 0 unspecified atom stereocenters. The van der Waals surface area contributed by atoms with Crippen LogP contribution in [0.4, 0.5) is 0 Å². The van der Waals surface area contributed by atoms with E-state index in [0.717, 1.165) is 10.7 Å². The quantitative estimate of drug-likeness (QED) is 0.569. The highest BCUT2D eigenvalue weighted by molar-refractivity contribution is 9.09. The molecule has 2 fully saturated rings. The summed E-state index contributed by atoms with van der Waals surface area (Å²) in [5, 5.41) is 3.40. The van der Waals surface area contributed by atoms with Gasteiger partial charge in [0.1, 0.15) is 0 Å². The van der Waals surface area contributed by atoms with Crippen LogP contribution >= 0.6 is 15.9 Å². The molecule has 1 heterocycles. The standard InChI is InChI=1S/C7H12BrN/c1-7-2-3-9-4-5(7)6(7)8/h5-6,9H,2-4H2,1H3/t5-,6-,7-/m0/s1. The Morgan fingerprint density at radius 2 is 2.44 bits per heavy atom. The van der Waals surface area contributed by atoms with Gasteiger partial charge in [-0.25, -0.2) is 0 Å². The van der Waals surface area contributed by atoms with Crippen LogP contribution in [0.15, 0.2) is 0 Å². The van der Waals surface area contributed by atoms with Crippen molar-refractivity contribution in [3.8, 4) is 0 Å². The van der Waals surface area contributed by atoms with E-state index in [1.54, 1.807) is 0 Å². The van der Waals surface area contributed by atoms with E-state index in [0.29, 0.717) is 5.41 Å². The Balaban J connectivity index is 2.10. The largest absolute Gasteiger partial charge is 0.316 e. The van der Waals surface area contributed by atoms with Gasteiger partial charge >= 0.3 is 0 Å². The Hall–Kier alpha value is 0.440. The Morgan fingerprint density at radius 1 is 1.67 bits per heavy atom. The van der Waals surface area contributed by atoms with Gasteiger partial charge in [-0.2, -0.15) is 0 Å². The predicted molar refractivity (Wildman–Crippen MR) is 41.8 cm³/mol. The van der Waals surface area contributed by atoms with Crippen LogP contribution in [-0.2, 0) is 0 Å². The van der Waals surface area contributed by atoms with Crippen LogP contribution in [0.5, 0.6) is 0 Å². The second-order valence-corrected chi connectivity index (χ2v) is 4.45. The molecule has 1 saturated carbocycles. The van der Waals surface area contributed by atoms with Crippen LogP contribution in [0.3, 0.4) is 0 Å². The second kappa shape index (κ2) is 1.73. The molecule has 1 nitrogen and oxygen atoms in total. The number of rotatable bonds is 0. The van der Waals surface area contributed by atoms with Crippen LogP contribution in [0.1, 0.15) is 13.3 Å². The Kier molecular flexibility index (Phi) is 1.18. The van der Waals surface area contributed by atoms with Gasteiger partial charge in [0.2, 0.25) is 0 Å². The molecule has 0 amide bonds. The summed E-state index contributed by atoms with van der Waals surface area (Å²) in [6.45, 7) is 4.83. The minimum Gasteiger partial charge on any atom is -0.316 e. The lowest BCUT2D eigenvalue weighted by Crippen LogP contribution is -2.27. The van der Waals surface area contributed by atoms with Gasteiger partial charge in [0, 0.05) is 4.83 Å². The zero-order valence-corrected chi connectivity index (χ0v) is 7.24. The van der Waals surface area contributed by atoms with Crippen molar-refractivity contribution in [3.05, 3.63) is 0 Å². The molecule has 9 heavy (non-hydrogen) atoms. The molecule has 52 valence electrons. The molecule has 2 aliphatic rings. The van der Waals surface area contributed by atoms with E-state index >= 15 is 0 Å². The fraction of sp³-hybridized carbons (Fsp3) is 1.00. The molecule has 0 aromatic carbocycles. The van der Waals surface area contributed by atoms with E-state index in [4.69, 9.17) is 0 Å². The summed E-state index contributed by atoms with van der Waals surface area (Å²) in [6.07, 6.45) is 1.35. The van der Waals surface area contributed by atoms with Crippen LogP contribution in [0.25, 0.3) is 0 Å².